The van der Waals surface area contributed by atoms with E-state index in [1.807, 2.05) is 36.4 Å². The Balaban J connectivity index is 1.84. The predicted octanol–water partition coefficient (Wildman–Crippen LogP) is 3.70. The van der Waals surface area contributed by atoms with Crippen molar-refractivity contribution in [3.8, 4) is 11.1 Å². The van der Waals surface area contributed by atoms with Gasteiger partial charge in [-0.3, -0.25) is 4.79 Å². The van der Waals surface area contributed by atoms with Crippen LogP contribution in [0, 0.1) is 0 Å². The molecule has 0 aliphatic carbocycles. The molecule has 23 heavy (non-hydrogen) atoms. The average Bonchev–Trinajstić information content (AvgIpc) is 3.05. The molecule has 3 rings (SSSR count). The lowest BCUT2D eigenvalue weighted by atomic mass is 10.0. The Bertz CT molecular complexity index is 742. The third-order valence-corrected chi connectivity index (χ3v) is 4.45. The van der Waals surface area contributed by atoms with E-state index < -0.39 is 12.0 Å². The first-order chi connectivity index (χ1) is 11.1. The Morgan fingerprint density at radius 3 is 2.43 bits per heavy atom. The van der Waals surface area contributed by atoms with Gasteiger partial charge in [0.25, 0.3) is 5.91 Å². The molecule has 1 fully saturated rings. The van der Waals surface area contributed by atoms with Crippen LogP contribution >= 0.6 is 11.6 Å². The van der Waals surface area contributed by atoms with Gasteiger partial charge in [0.1, 0.15) is 6.04 Å². The van der Waals surface area contributed by atoms with E-state index in [4.69, 9.17) is 11.6 Å². The van der Waals surface area contributed by atoms with Crippen molar-refractivity contribution >= 4 is 23.5 Å². The lowest BCUT2D eigenvalue weighted by molar-refractivity contribution is -0.141. The van der Waals surface area contributed by atoms with Crippen LogP contribution in [0.25, 0.3) is 11.1 Å². The average molecular weight is 330 g/mol. The van der Waals surface area contributed by atoms with Crippen LogP contribution < -0.4 is 0 Å². The predicted molar refractivity (Wildman–Crippen MR) is 88.6 cm³/mol. The maximum absolute atomic E-state index is 12.5. The molecule has 2 aromatic carbocycles. The molecular weight excluding hydrogens is 314 g/mol. The van der Waals surface area contributed by atoms with E-state index in [0.29, 0.717) is 23.6 Å². The standard InChI is InChI=1S/C18H16ClNO3/c19-15-5-2-1-4-14(15)12-7-9-13(10-8-12)17(21)20-11-3-6-16(20)18(22)23/h1-2,4-5,7-10,16H,3,6,11H2,(H,22,23). The molecule has 1 atom stereocenters. The molecule has 0 bridgehead atoms. The number of aliphatic carboxylic acids is 1. The molecule has 1 heterocycles. The summed E-state index contributed by atoms with van der Waals surface area (Å²) in [5.41, 5.74) is 2.31. The van der Waals surface area contributed by atoms with Crippen molar-refractivity contribution in [2.45, 2.75) is 18.9 Å². The van der Waals surface area contributed by atoms with Gasteiger partial charge in [0, 0.05) is 22.7 Å². The van der Waals surface area contributed by atoms with Gasteiger partial charge in [-0.25, -0.2) is 4.79 Å². The van der Waals surface area contributed by atoms with Crippen LogP contribution in [0.2, 0.25) is 5.02 Å². The van der Waals surface area contributed by atoms with Gasteiger partial charge >= 0.3 is 5.97 Å². The Morgan fingerprint density at radius 1 is 1.09 bits per heavy atom. The number of nitrogens with zero attached hydrogens (tertiary/aromatic N) is 1. The molecule has 0 radical (unpaired) electrons. The highest BCUT2D eigenvalue weighted by Gasteiger charge is 2.34. The van der Waals surface area contributed by atoms with Gasteiger partial charge < -0.3 is 10.0 Å². The third kappa shape index (κ3) is 3.08. The third-order valence-electron chi connectivity index (χ3n) is 4.12. The van der Waals surface area contributed by atoms with Crippen molar-refractivity contribution in [2.75, 3.05) is 6.54 Å². The monoisotopic (exact) mass is 329 g/mol. The molecule has 0 spiro atoms. The Morgan fingerprint density at radius 2 is 1.78 bits per heavy atom. The smallest absolute Gasteiger partial charge is 0.326 e. The lowest BCUT2D eigenvalue weighted by Gasteiger charge is -2.21. The molecule has 5 heteroatoms. The number of amides is 1. The number of carbonyl (C=O) groups is 2. The zero-order valence-corrected chi connectivity index (χ0v) is 13.2. The summed E-state index contributed by atoms with van der Waals surface area (Å²) < 4.78 is 0. The first-order valence-corrected chi connectivity index (χ1v) is 7.84. The van der Waals surface area contributed by atoms with Gasteiger partial charge in [0.15, 0.2) is 0 Å². The minimum atomic E-state index is -0.941. The summed E-state index contributed by atoms with van der Waals surface area (Å²) in [5, 5.41) is 9.84. The van der Waals surface area contributed by atoms with Crippen molar-refractivity contribution in [1.82, 2.24) is 4.90 Å². The van der Waals surface area contributed by atoms with Gasteiger partial charge in [-0.2, -0.15) is 0 Å². The second-order valence-corrected chi connectivity index (χ2v) is 5.96. The van der Waals surface area contributed by atoms with Crippen LogP contribution in [0.5, 0.6) is 0 Å². The number of halogens is 1. The Hall–Kier alpha value is -2.33. The SMILES string of the molecule is O=C(O)C1CCCN1C(=O)c1ccc(-c2ccccc2Cl)cc1. The fourth-order valence-corrected chi connectivity index (χ4v) is 3.16. The highest BCUT2D eigenvalue weighted by molar-refractivity contribution is 6.33. The van der Waals surface area contributed by atoms with E-state index in [-0.39, 0.29) is 5.91 Å². The van der Waals surface area contributed by atoms with Crippen molar-refractivity contribution in [2.24, 2.45) is 0 Å². The lowest BCUT2D eigenvalue weighted by Crippen LogP contribution is -2.40. The molecule has 1 aliphatic rings. The van der Waals surface area contributed by atoms with Crippen molar-refractivity contribution < 1.29 is 14.7 Å². The number of hydrogen-bond donors (Lipinski definition) is 1. The number of benzene rings is 2. The summed E-state index contributed by atoms with van der Waals surface area (Å²) in [6.45, 7) is 0.488. The van der Waals surface area contributed by atoms with E-state index in [1.165, 1.54) is 4.90 Å². The molecule has 2 aromatic rings. The molecule has 1 saturated heterocycles. The zero-order valence-electron chi connectivity index (χ0n) is 12.4. The molecule has 4 nitrogen and oxygen atoms in total. The summed E-state index contributed by atoms with van der Waals surface area (Å²) in [7, 11) is 0. The molecule has 1 unspecified atom stereocenters. The van der Waals surface area contributed by atoms with Gasteiger partial charge in [-0.15, -0.1) is 0 Å². The van der Waals surface area contributed by atoms with Crippen LogP contribution in [0.4, 0.5) is 0 Å². The number of likely N-dealkylation sites (tertiary alicyclic amines) is 1. The normalized spacial score (nSPS) is 17.3. The van der Waals surface area contributed by atoms with Crippen molar-refractivity contribution in [3.63, 3.8) is 0 Å². The molecule has 1 amide bonds. The summed E-state index contributed by atoms with van der Waals surface area (Å²) in [6.07, 6.45) is 1.24. The molecule has 1 N–H and O–H groups in total. The first-order valence-electron chi connectivity index (χ1n) is 7.46. The molecule has 0 aromatic heterocycles. The molecule has 1 aliphatic heterocycles. The highest BCUT2D eigenvalue weighted by atomic mass is 35.5. The van der Waals surface area contributed by atoms with E-state index in [2.05, 4.69) is 0 Å². The summed E-state index contributed by atoms with van der Waals surface area (Å²) in [6, 6.07) is 13.9. The molecular formula is C18H16ClNO3. The van der Waals surface area contributed by atoms with Crippen molar-refractivity contribution in [3.05, 3.63) is 59.1 Å². The minimum Gasteiger partial charge on any atom is -0.480 e. The van der Waals surface area contributed by atoms with Gasteiger partial charge in [0.2, 0.25) is 0 Å². The van der Waals surface area contributed by atoms with E-state index >= 15 is 0 Å². The fraction of sp³-hybridized carbons (Fsp3) is 0.222. The number of carboxylic acid groups (broad SMARTS) is 1. The Kier molecular flexibility index (Phi) is 4.35. The van der Waals surface area contributed by atoms with E-state index in [9.17, 15) is 14.7 Å². The highest BCUT2D eigenvalue weighted by Crippen LogP contribution is 2.28. The maximum Gasteiger partial charge on any atom is 0.326 e. The number of hydrogen-bond acceptors (Lipinski definition) is 2. The summed E-state index contributed by atoms with van der Waals surface area (Å²) >= 11 is 6.18. The first kappa shape index (κ1) is 15.6. The summed E-state index contributed by atoms with van der Waals surface area (Å²) in [5.74, 6) is -1.18. The van der Waals surface area contributed by atoms with Gasteiger partial charge in [-0.1, -0.05) is 41.9 Å². The largest absolute Gasteiger partial charge is 0.480 e. The molecule has 118 valence electrons. The van der Waals surface area contributed by atoms with E-state index in [0.717, 1.165) is 17.5 Å². The van der Waals surface area contributed by atoms with Crippen LogP contribution in [0.3, 0.4) is 0 Å². The summed E-state index contributed by atoms with van der Waals surface area (Å²) in [4.78, 5) is 25.2. The number of carboxylic acids is 1. The van der Waals surface area contributed by atoms with Crippen LogP contribution in [-0.4, -0.2) is 34.5 Å². The van der Waals surface area contributed by atoms with Crippen molar-refractivity contribution in [1.29, 1.82) is 0 Å². The number of carbonyl (C=O) groups excluding carboxylic acids is 1. The van der Waals surface area contributed by atoms with E-state index in [1.54, 1.807) is 12.1 Å². The zero-order chi connectivity index (χ0) is 16.4. The van der Waals surface area contributed by atoms with Gasteiger partial charge in [0.05, 0.1) is 0 Å². The van der Waals surface area contributed by atoms with Gasteiger partial charge in [-0.05, 0) is 36.6 Å². The quantitative estimate of drug-likeness (QED) is 0.934. The van der Waals surface area contributed by atoms with Crippen LogP contribution in [-0.2, 0) is 4.79 Å². The second-order valence-electron chi connectivity index (χ2n) is 5.55. The minimum absolute atomic E-state index is 0.236. The maximum atomic E-state index is 12.5. The van der Waals surface area contributed by atoms with Crippen LogP contribution in [0.1, 0.15) is 23.2 Å². The second kappa shape index (κ2) is 6.42. The fourth-order valence-electron chi connectivity index (χ4n) is 2.92. The molecule has 0 saturated carbocycles. The number of rotatable bonds is 3. The Labute approximate surface area is 139 Å². The topological polar surface area (TPSA) is 57.6 Å². The van der Waals surface area contributed by atoms with Crippen LogP contribution in [0.15, 0.2) is 48.5 Å².